The maximum absolute atomic E-state index is 10.8. The number of ether oxygens (including phenoxy) is 1. The van der Waals surface area contributed by atoms with E-state index in [4.69, 9.17) is 0 Å². The molecule has 0 aromatic heterocycles. The van der Waals surface area contributed by atoms with Gasteiger partial charge in [-0.3, -0.25) is 0 Å². The molecule has 0 unspecified atom stereocenters. The van der Waals surface area contributed by atoms with E-state index in [9.17, 15) is 9.59 Å². The highest BCUT2D eigenvalue weighted by Gasteiger charge is 2.09. The van der Waals surface area contributed by atoms with Crippen LogP contribution in [0.25, 0.3) is 0 Å². The molecule has 11 heavy (non-hydrogen) atoms. The van der Waals surface area contributed by atoms with Gasteiger partial charge in [-0.25, -0.2) is 9.59 Å². The average molecular weight is 157 g/mol. The molecule has 0 aliphatic rings. The molecule has 0 aromatic carbocycles. The van der Waals surface area contributed by atoms with E-state index in [1.165, 1.54) is 7.05 Å². The summed E-state index contributed by atoms with van der Waals surface area (Å²) in [5.41, 5.74) is 0.286. The van der Waals surface area contributed by atoms with Gasteiger partial charge in [-0.05, 0) is 6.42 Å². The van der Waals surface area contributed by atoms with Crippen LogP contribution < -0.4 is 5.32 Å². The number of esters is 1. The second-order valence-corrected chi connectivity index (χ2v) is 1.88. The quantitative estimate of drug-likeness (QED) is 0.367. The lowest BCUT2D eigenvalue weighted by Crippen LogP contribution is -2.23. The molecule has 0 spiro atoms. The number of carbonyl (C=O) groups excluding carboxylic acids is 2. The van der Waals surface area contributed by atoms with Crippen molar-refractivity contribution in [3.63, 3.8) is 0 Å². The van der Waals surface area contributed by atoms with Gasteiger partial charge in [0.15, 0.2) is 0 Å². The third-order valence-corrected chi connectivity index (χ3v) is 1.10. The van der Waals surface area contributed by atoms with Crippen molar-refractivity contribution >= 4 is 12.1 Å². The van der Waals surface area contributed by atoms with Crippen molar-refractivity contribution in [2.45, 2.75) is 13.3 Å². The summed E-state index contributed by atoms with van der Waals surface area (Å²) in [5, 5.41) is 2.15. The van der Waals surface area contributed by atoms with Gasteiger partial charge in [0.25, 0.3) is 0 Å². The summed E-state index contributed by atoms with van der Waals surface area (Å²) in [6.07, 6.45) is -0.278. The van der Waals surface area contributed by atoms with Gasteiger partial charge in [-0.2, -0.15) is 0 Å². The second kappa shape index (κ2) is 4.49. The zero-order valence-electron chi connectivity index (χ0n) is 6.64. The van der Waals surface area contributed by atoms with Gasteiger partial charge in [0, 0.05) is 12.6 Å². The van der Waals surface area contributed by atoms with E-state index >= 15 is 0 Å². The van der Waals surface area contributed by atoms with Gasteiger partial charge < -0.3 is 10.1 Å². The molecule has 0 aliphatic heterocycles. The zero-order valence-corrected chi connectivity index (χ0v) is 6.64. The Morgan fingerprint density at radius 1 is 1.55 bits per heavy atom. The van der Waals surface area contributed by atoms with Gasteiger partial charge in [-0.15, -0.1) is 0 Å². The zero-order chi connectivity index (χ0) is 8.85. The number of hydrogen-bond acceptors (Lipinski definition) is 3. The monoisotopic (exact) mass is 157 g/mol. The van der Waals surface area contributed by atoms with Gasteiger partial charge in [-0.1, -0.05) is 13.5 Å². The summed E-state index contributed by atoms with van der Waals surface area (Å²) < 4.78 is 4.26. The third-order valence-electron chi connectivity index (χ3n) is 1.10. The highest BCUT2D eigenvalue weighted by molar-refractivity contribution is 5.95. The van der Waals surface area contributed by atoms with Crippen molar-refractivity contribution in [1.82, 2.24) is 5.32 Å². The van der Waals surface area contributed by atoms with Gasteiger partial charge in [0.1, 0.15) is 0 Å². The number of amides is 1. The van der Waals surface area contributed by atoms with Crippen LogP contribution >= 0.6 is 0 Å². The topological polar surface area (TPSA) is 55.4 Å². The van der Waals surface area contributed by atoms with E-state index in [-0.39, 0.29) is 5.57 Å². The summed E-state index contributed by atoms with van der Waals surface area (Å²) in [7, 11) is 1.38. The number of hydrogen-bond donors (Lipinski definition) is 1. The molecule has 0 rings (SSSR count). The second-order valence-electron chi connectivity index (χ2n) is 1.88. The fourth-order valence-electron chi connectivity index (χ4n) is 0.352. The highest BCUT2D eigenvalue weighted by Crippen LogP contribution is 1.98. The van der Waals surface area contributed by atoms with E-state index in [1.807, 2.05) is 0 Å². The average Bonchev–Trinajstić information content (AvgIpc) is 2.02. The maximum atomic E-state index is 10.8. The van der Waals surface area contributed by atoms with E-state index in [2.05, 4.69) is 16.6 Å². The maximum Gasteiger partial charge on any atom is 0.414 e. The molecule has 0 saturated heterocycles. The summed E-state index contributed by atoms with van der Waals surface area (Å²) in [6.45, 7) is 5.16. The van der Waals surface area contributed by atoms with Crippen molar-refractivity contribution in [1.29, 1.82) is 0 Å². The number of nitrogens with one attached hydrogen (secondary N) is 1. The summed E-state index contributed by atoms with van der Waals surface area (Å²) in [6, 6.07) is 0. The number of rotatable bonds is 2. The van der Waals surface area contributed by atoms with E-state index in [0.717, 1.165) is 0 Å². The number of alkyl carbamates (subject to hydrolysis) is 1. The normalized spacial score (nSPS) is 8.55. The van der Waals surface area contributed by atoms with Gasteiger partial charge in [0.05, 0.1) is 0 Å². The molecule has 0 atom stereocenters. The van der Waals surface area contributed by atoms with E-state index < -0.39 is 12.1 Å². The lowest BCUT2D eigenvalue weighted by molar-refractivity contribution is -0.133. The molecular formula is C7H11NO3. The summed E-state index contributed by atoms with van der Waals surface area (Å²) in [4.78, 5) is 21.2. The van der Waals surface area contributed by atoms with Crippen LogP contribution in [0.2, 0.25) is 0 Å². The summed E-state index contributed by atoms with van der Waals surface area (Å²) >= 11 is 0. The fourth-order valence-corrected chi connectivity index (χ4v) is 0.352. The highest BCUT2D eigenvalue weighted by atomic mass is 16.6. The molecule has 0 fully saturated rings. The first-order valence-electron chi connectivity index (χ1n) is 3.23. The molecule has 0 aliphatic carbocycles. The van der Waals surface area contributed by atoms with Crippen molar-refractivity contribution in [3.8, 4) is 0 Å². The van der Waals surface area contributed by atoms with Gasteiger partial charge >= 0.3 is 12.1 Å². The van der Waals surface area contributed by atoms with Crippen LogP contribution in [0.1, 0.15) is 13.3 Å². The van der Waals surface area contributed by atoms with Crippen molar-refractivity contribution < 1.29 is 14.3 Å². The van der Waals surface area contributed by atoms with E-state index in [1.54, 1.807) is 6.92 Å². The Hall–Kier alpha value is -1.32. The lowest BCUT2D eigenvalue weighted by atomic mass is 10.2. The molecule has 1 amide bonds. The molecule has 62 valence electrons. The van der Waals surface area contributed by atoms with Crippen molar-refractivity contribution in [2.24, 2.45) is 0 Å². The Kier molecular flexibility index (Phi) is 3.95. The molecule has 0 heterocycles. The largest absolute Gasteiger partial charge is 0.414 e. The number of carbonyl (C=O) groups is 2. The Bertz CT molecular complexity index is 186. The third kappa shape index (κ3) is 3.40. The molecule has 0 saturated carbocycles. The fraction of sp³-hybridized carbons (Fsp3) is 0.429. The van der Waals surface area contributed by atoms with E-state index in [0.29, 0.717) is 6.42 Å². The molecular weight excluding hydrogens is 146 g/mol. The molecule has 4 heteroatoms. The van der Waals surface area contributed by atoms with Crippen LogP contribution in [0.3, 0.4) is 0 Å². The Morgan fingerprint density at radius 3 is 2.45 bits per heavy atom. The van der Waals surface area contributed by atoms with Crippen LogP contribution in [-0.4, -0.2) is 19.1 Å². The first-order valence-corrected chi connectivity index (χ1v) is 3.23. The minimum atomic E-state index is -0.760. The molecule has 0 bridgehead atoms. The van der Waals surface area contributed by atoms with Crippen molar-refractivity contribution in [3.05, 3.63) is 12.2 Å². The van der Waals surface area contributed by atoms with Crippen LogP contribution in [0.4, 0.5) is 4.79 Å². The molecule has 4 nitrogen and oxygen atoms in total. The molecule has 0 radical (unpaired) electrons. The van der Waals surface area contributed by atoms with Gasteiger partial charge in [0.2, 0.25) is 0 Å². The minimum absolute atomic E-state index is 0.286. The lowest BCUT2D eigenvalue weighted by Gasteiger charge is -2.01. The SMILES string of the molecule is C=C(CC)C(=O)OC(=O)NC. The van der Waals surface area contributed by atoms with Crippen LogP contribution in [0.15, 0.2) is 12.2 Å². The molecule has 0 aromatic rings. The predicted molar refractivity (Wildman–Crippen MR) is 40.0 cm³/mol. The smallest absolute Gasteiger partial charge is 0.373 e. The first kappa shape index (κ1) is 9.68. The van der Waals surface area contributed by atoms with Crippen LogP contribution in [-0.2, 0) is 9.53 Å². The standard InChI is InChI=1S/C7H11NO3/c1-4-5(2)6(9)11-7(10)8-3/h2,4H2,1,3H3,(H,8,10). The first-order chi connectivity index (χ1) is 5.11. The Labute approximate surface area is 65.2 Å². The van der Waals surface area contributed by atoms with Crippen LogP contribution in [0, 0.1) is 0 Å². The predicted octanol–water partition coefficient (Wildman–Crippen LogP) is 0.835. The Balaban J connectivity index is 3.88. The Morgan fingerprint density at radius 2 is 2.09 bits per heavy atom. The summed E-state index contributed by atoms with van der Waals surface area (Å²) in [5.74, 6) is -0.674. The molecule has 1 N–H and O–H groups in total. The van der Waals surface area contributed by atoms with Crippen LogP contribution in [0.5, 0.6) is 0 Å². The van der Waals surface area contributed by atoms with Crippen molar-refractivity contribution in [2.75, 3.05) is 7.05 Å². The minimum Gasteiger partial charge on any atom is -0.373 e.